The van der Waals surface area contributed by atoms with Crippen molar-refractivity contribution in [1.29, 1.82) is 5.41 Å². The Morgan fingerprint density at radius 3 is 2.15 bits per heavy atom. The molecule has 1 N–H and O–H groups in total. The molecule has 0 fully saturated rings. The summed E-state index contributed by atoms with van der Waals surface area (Å²) in [6, 6.07) is 14.0. The van der Waals surface area contributed by atoms with Crippen molar-refractivity contribution in [3.05, 3.63) is 79.2 Å². The molecule has 204 valence electrons. The first kappa shape index (κ1) is 27.8. The minimum Gasteiger partial charge on any atom is -0.497 e. The predicted molar refractivity (Wildman–Crippen MR) is 148 cm³/mol. The summed E-state index contributed by atoms with van der Waals surface area (Å²) in [4.78, 5) is 40.6. The van der Waals surface area contributed by atoms with E-state index < -0.39 is 35.4 Å². The number of aromatic nitrogens is 1. The van der Waals surface area contributed by atoms with Gasteiger partial charge in [0.1, 0.15) is 27.9 Å². The van der Waals surface area contributed by atoms with Crippen LogP contribution in [-0.4, -0.2) is 49.3 Å². The van der Waals surface area contributed by atoms with E-state index >= 15 is 0 Å². The molecule has 0 radical (unpaired) electrons. The van der Waals surface area contributed by atoms with E-state index in [0.29, 0.717) is 21.6 Å². The third-order valence-corrected chi connectivity index (χ3v) is 7.33. The second-order valence-corrected chi connectivity index (χ2v) is 10.1. The number of methoxy groups -OCH3 is 2. The number of ether oxygens (including phenoxy) is 4. The van der Waals surface area contributed by atoms with Crippen molar-refractivity contribution in [3.63, 3.8) is 0 Å². The van der Waals surface area contributed by atoms with E-state index in [1.165, 1.54) is 7.11 Å². The SMILES string of the molecule is CCOC(=O)C1C(=N)n2c(s/c(=C\c3ccc(OC)cc3)c2=O)=C(C(=O)OC(C)C)C1c1ccc(OC)cc1. The molecule has 2 atom stereocenters. The number of carbonyl (C=O) groups is 2. The largest absolute Gasteiger partial charge is 0.497 e. The van der Waals surface area contributed by atoms with E-state index in [1.54, 1.807) is 82.5 Å². The first-order chi connectivity index (χ1) is 18.7. The molecular formula is C29H30N2O7S. The van der Waals surface area contributed by atoms with Crippen molar-refractivity contribution in [2.75, 3.05) is 20.8 Å². The van der Waals surface area contributed by atoms with Gasteiger partial charge >= 0.3 is 11.9 Å². The Kier molecular flexibility index (Phi) is 8.35. The van der Waals surface area contributed by atoms with Crippen LogP contribution in [0.1, 0.15) is 37.8 Å². The number of hydrogen-bond acceptors (Lipinski definition) is 9. The molecule has 0 aliphatic carbocycles. The third kappa shape index (κ3) is 5.51. The maximum atomic E-state index is 13.6. The molecule has 0 spiro atoms. The quantitative estimate of drug-likeness (QED) is 0.429. The highest BCUT2D eigenvalue weighted by Crippen LogP contribution is 2.38. The summed E-state index contributed by atoms with van der Waals surface area (Å²) in [6.45, 7) is 5.18. The zero-order valence-electron chi connectivity index (χ0n) is 22.3. The highest BCUT2D eigenvalue weighted by Gasteiger charge is 2.45. The van der Waals surface area contributed by atoms with Crippen molar-refractivity contribution in [3.8, 4) is 11.5 Å². The molecule has 2 aromatic carbocycles. The number of rotatable bonds is 8. The van der Waals surface area contributed by atoms with Crippen molar-refractivity contribution >= 4 is 40.8 Å². The van der Waals surface area contributed by atoms with E-state index in [-0.39, 0.29) is 22.7 Å². The summed E-state index contributed by atoms with van der Waals surface area (Å²) in [5.41, 5.74) is 0.938. The second-order valence-electron chi connectivity index (χ2n) is 9.06. The Morgan fingerprint density at radius 2 is 1.62 bits per heavy atom. The highest BCUT2D eigenvalue weighted by molar-refractivity contribution is 7.07. The topological polar surface area (TPSA) is 117 Å². The smallest absolute Gasteiger partial charge is 0.337 e. The molecular weight excluding hydrogens is 520 g/mol. The minimum absolute atomic E-state index is 0.0750. The Hall–Kier alpha value is -4.18. The summed E-state index contributed by atoms with van der Waals surface area (Å²) in [5.74, 6) is -2.54. The third-order valence-electron chi connectivity index (χ3n) is 6.23. The lowest BCUT2D eigenvalue weighted by Gasteiger charge is -2.31. The average molecular weight is 551 g/mol. The van der Waals surface area contributed by atoms with Gasteiger partial charge in [0, 0.05) is 5.92 Å². The van der Waals surface area contributed by atoms with Gasteiger partial charge < -0.3 is 18.9 Å². The van der Waals surface area contributed by atoms with E-state index in [1.807, 2.05) is 0 Å². The van der Waals surface area contributed by atoms with Crippen LogP contribution in [-0.2, 0) is 19.1 Å². The lowest BCUT2D eigenvalue weighted by Crippen LogP contribution is -2.50. The fourth-order valence-electron chi connectivity index (χ4n) is 4.47. The number of carbonyl (C=O) groups excluding carboxylic acids is 2. The summed E-state index contributed by atoms with van der Waals surface area (Å²) in [6.07, 6.45) is 1.23. The number of hydrogen-bond donors (Lipinski definition) is 1. The molecule has 9 nitrogen and oxygen atoms in total. The normalized spacial score (nSPS) is 17.1. The molecule has 1 aliphatic heterocycles. The van der Waals surface area contributed by atoms with Crippen molar-refractivity contribution in [2.45, 2.75) is 32.8 Å². The summed E-state index contributed by atoms with van der Waals surface area (Å²) in [5, 5.41) is 9.00. The number of esters is 2. The number of nitrogens with zero attached hydrogens (tertiary/aromatic N) is 1. The van der Waals surface area contributed by atoms with Gasteiger partial charge in [-0.1, -0.05) is 24.3 Å². The van der Waals surface area contributed by atoms with E-state index in [0.717, 1.165) is 21.5 Å². The molecule has 1 aromatic heterocycles. The van der Waals surface area contributed by atoms with E-state index in [2.05, 4.69) is 0 Å². The summed E-state index contributed by atoms with van der Waals surface area (Å²) in [7, 11) is 3.10. The van der Waals surface area contributed by atoms with Crippen LogP contribution in [0.2, 0.25) is 0 Å². The van der Waals surface area contributed by atoms with E-state index in [9.17, 15) is 14.4 Å². The first-order valence-electron chi connectivity index (χ1n) is 12.4. The van der Waals surface area contributed by atoms with Crippen LogP contribution >= 0.6 is 11.3 Å². The zero-order chi connectivity index (χ0) is 28.3. The lowest BCUT2D eigenvalue weighted by molar-refractivity contribution is -0.146. The molecule has 0 amide bonds. The van der Waals surface area contributed by atoms with Gasteiger partial charge in [-0.25, -0.2) is 4.79 Å². The monoisotopic (exact) mass is 550 g/mol. The maximum Gasteiger partial charge on any atom is 0.337 e. The molecule has 0 saturated carbocycles. The molecule has 0 bridgehead atoms. The molecule has 10 heteroatoms. The van der Waals surface area contributed by atoms with Crippen LogP contribution in [0.5, 0.6) is 11.5 Å². The average Bonchev–Trinajstić information content (AvgIpc) is 3.24. The van der Waals surface area contributed by atoms with Crippen LogP contribution in [0.25, 0.3) is 11.6 Å². The van der Waals surface area contributed by atoms with Gasteiger partial charge in [-0.2, -0.15) is 0 Å². The van der Waals surface area contributed by atoms with Gasteiger partial charge in [-0.3, -0.25) is 19.6 Å². The van der Waals surface area contributed by atoms with Gasteiger partial charge in [0.25, 0.3) is 5.56 Å². The first-order valence-corrected chi connectivity index (χ1v) is 13.2. The predicted octanol–water partition coefficient (Wildman–Crippen LogP) is 2.66. The Labute approximate surface area is 229 Å². The fourth-order valence-corrected chi connectivity index (χ4v) is 5.65. The van der Waals surface area contributed by atoms with Crippen LogP contribution in [0.15, 0.2) is 53.3 Å². The Bertz CT molecular complexity index is 1570. The number of benzene rings is 2. The zero-order valence-corrected chi connectivity index (χ0v) is 23.2. The fraction of sp³-hybridized carbons (Fsp3) is 0.310. The van der Waals surface area contributed by atoms with Crippen LogP contribution in [0, 0.1) is 11.3 Å². The molecule has 4 rings (SSSR count). The number of fused-ring (bicyclic) bond motifs is 1. The molecule has 3 aromatic rings. The van der Waals surface area contributed by atoms with Gasteiger partial charge in [-0.05, 0) is 62.2 Å². The number of nitrogens with one attached hydrogen (secondary N) is 1. The Balaban J connectivity index is 2.04. The van der Waals surface area contributed by atoms with Crippen molar-refractivity contribution in [2.24, 2.45) is 5.92 Å². The molecule has 0 saturated heterocycles. The van der Waals surface area contributed by atoms with Gasteiger partial charge in [0.2, 0.25) is 0 Å². The molecule has 2 unspecified atom stereocenters. The molecule has 39 heavy (non-hydrogen) atoms. The van der Waals surface area contributed by atoms with Gasteiger partial charge in [0.05, 0.1) is 37.0 Å². The van der Waals surface area contributed by atoms with Crippen molar-refractivity contribution in [1.82, 2.24) is 4.57 Å². The lowest BCUT2D eigenvalue weighted by atomic mass is 9.78. The van der Waals surface area contributed by atoms with Crippen LogP contribution < -0.4 is 24.2 Å². The van der Waals surface area contributed by atoms with Crippen LogP contribution in [0.3, 0.4) is 0 Å². The maximum absolute atomic E-state index is 13.6. The van der Waals surface area contributed by atoms with Gasteiger partial charge in [0.15, 0.2) is 0 Å². The van der Waals surface area contributed by atoms with E-state index in [4.69, 9.17) is 24.4 Å². The summed E-state index contributed by atoms with van der Waals surface area (Å²) < 4.78 is 23.1. The van der Waals surface area contributed by atoms with Crippen LogP contribution in [0.4, 0.5) is 0 Å². The minimum atomic E-state index is -1.25. The summed E-state index contributed by atoms with van der Waals surface area (Å²) >= 11 is 1.08. The van der Waals surface area contributed by atoms with Crippen molar-refractivity contribution < 1.29 is 28.5 Å². The number of thiazole rings is 1. The standard InChI is InChI=1S/C29H30N2O7S/c1-6-37-28(33)23-22(18-9-13-20(36-5)14-10-18)24(29(34)38-16(2)3)27-31(25(23)30)26(32)21(39-27)15-17-7-11-19(35-4)12-8-17/h7-16,22-23,30H,6H2,1-5H3/b21-15-,30-25?. The highest BCUT2D eigenvalue weighted by atomic mass is 32.1. The van der Waals surface area contributed by atoms with Gasteiger partial charge in [-0.15, -0.1) is 11.3 Å². The Morgan fingerprint density at radius 1 is 1.03 bits per heavy atom. The molecule has 2 heterocycles. The second kappa shape index (κ2) is 11.7. The molecule has 1 aliphatic rings.